The highest BCUT2D eigenvalue weighted by atomic mass is 35.5. The summed E-state index contributed by atoms with van der Waals surface area (Å²) in [5.74, 6) is 4.52. The number of hydrogen-bond acceptors (Lipinski definition) is 1. The maximum atomic E-state index is 12.9. The molecule has 0 bridgehead atoms. The van der Waals surface area contributed by atoms with Gasteiger partial charge in [-0.2, -0.15) is 0 Å². The van der Waals surface area contributed by atoms with Gasteiger partial charge in [0.2, 0.25) is 0 Å². The number of hydrogen-bond donors (Lipinski definition) is 1. The van der Waals surface area contributed by atoms with Gasteiger partial charge in [-0.3, -0.25) is 4.79 Å². The Morgan fingerprint density at radius 2 is 2.25 bits per heavy atom. The Hall–Kier alpha value is -1.53. The van der Waals surface area contributed by atoms with Gasteiger partial charge in [0.05, 0.1) is 6.42 Å². The highest BCUT2D eigenvalue weighted by Gasteiger charge is 2.06. The third-order valence-electron chi connectivity index (χ3n) is 1.85. The summed E-state index contributed by atoms with van der Waals surface area (Å²) in [4.78, 5) is 10.6. The van der Waals surface area contributed by atoms with Crippen LogP contribution in [0.3, 0.4) is 0 Å². The van der Waals surface area contributed by atoms with Crippen molar-refractivity contribution in [2.24, 2.45) is 0 Å². The van der Waals surface area contributed by atoms with Crippen LogP contribution in [-0.4, -0.2) is 17.0 Å². The van der Waals surface area contributed by atoms with Crippen LogP contribution in [0.4, 0.5) is 4.39 Å². The zero-order valence-electron chi connectivity index (χ0n) is 8.46. The highest BCUT2D eigenvalue weighted by molar-refractivity contribution is 6.18. The fourth-order valence-electron chi connectivity index (χ4n) is 1.20. The lowest BCUT2D eigenvalue weighted by Gasteiger charge is -2.01. The van der Waals surface area contributed by atoms with Gasteiger partial charge in [-0.05, 0) is 23.8 Å². The van der Waals surface area contributed by atoms with Crippen molar-refractivity contribution in [3.05, 3.63) is 35.1 Å². The summed E-state index contributed by atoms with van der Waals surface area (Å²) in [5.41, 5.74) is 0.920. The molecule has 1 aromatic rings. The Morgan fingerprint density at radius 3 is 2.88 bits per heavy atom. The van der Waals surface area contributed by atoms with Crippen LogP contribution < -0.4 is 0 Å². The number of benzene rings is 1. The zero-order chi connectivity index (χ0) is 12.0. The molecule has 0 heterocycles. The lowest BCUT2D eigenvalue weighted by atomic mass is 10.0. The van der Waals surface area contributed by atoms with Crippen LogP contribution in [0.1, 0.15) is 17.5 Å². The fraction of sp³-hybridized carbons (Fsp3) is 0.250. The van der Waals surface area contributed by atoms with Crippen LogP contribution >= 0.6 is 11.6 Å². The van der Waals surface area contributed by atoms with E-state index in [1.165, 1.54) is 18.2 Å². The lowest BCUT2D eigenvalue weighted by Crippen LogP contribution is -2.02. The van der Waals surface area contributed by atoms with Gasteiger partial charge in [-0.25, -0.2) is 4.39 Å². The first-order chi connectivity index (χ1) is 7.63. The molecule has 0 saturated heterocycles. The fourth-order valence-corrected chi connectivity index (χ4v) is 1.29. The molecule has 84 valence electrons. The summed E-state index contributed by atoms with van der Waals surface area (Å²) in [5, 5.41) is 8.66. The van der Waals surface area contributed by atoms with E-state index in [4.69, 9.17) is 16.7 Å². The molecule has 16 heavy (non-hydrogen) atoms. The minimum absolute atomic E-state index is 0.233. The van der Waals surface area contributed by atoms with E-state index in [0.29, 0.717) is 23.4 Å². The van der Waals surface area contributed by atoms with Crippen molar-refractivity contribution >= 4 is 17.6 Å². The van der Waals surface area contributed by atoms with Crippen LogP contribution in [0.15, 0.2) is 18.2 Å². The van der Waals surface area contributed by atoms with Crippen molar-refractivity contribution < 1.29 is 14.3 Å². The number of carbonyl (C=O) groups is 1. The predicted octanol–water partition coefficient (Wildman–Crippen LogP) is 2.43. The Bertz CT molecular complexity index is 446. The molecule has 1 rings (SSSR count). The molecule has 1 aromatic carbocycles. The number of aliphatic carboxylic acids is 1. The van der Waals surface area contributed by atoms with Crippen molar-refractivity contribution in [1.29, 1.82) is 0 Å². The Morgan fingerprint density at radius 1 is 1.50 bits per heavy atom. The molecule has 4 heteroatoms. The standard InChI is InChI=1S/C12H10ClFO2/c13-6-2-1-3-9-4-5-11(14)7-10(9)8-12(15)16/h4-5,7H,2,6,8H2,(H,15,16). The highest BCUT2D eigenvalue weighted by Crippen LogP contribution is 2.11. The molecule has 0 saturated carbocycles. The van der Waals surface area contributed by atoms with Crippen LogP contribution in [0.2, 0.25) is 0 Å². The first-order valence-electron chi connectivity index (χ1n) is 4.68. The minimum atomic E-state index is -1.01. The van der Waals surface area contributed by atoms with Crippen molar-refractivity contribution in [3.63, 3.8) is 0 Å². The Labute approximate surface area is 98.0 Å². The molecule has 0 fully saturated rings. The Kier molecular flexibility index (Phi) is 4.81. The molecule has 1 N–H and O–H groups in total. The van der Waals surface area contributed by atoms with Gasteiger partial charge in [-0.15, -0.1) is 11.6 Å². The van der Waals surface area contributed by atoms with Gasteiger partial charge < -0.3 is 5.11 Å². The average molecular weight is 241 g/mol. The number of carboxylic acid groups (broad SMARTS) is 1. The number of carboxylic acids is 1. The third kappa shape index (κ3) is 3.92. The summed E-state index contributed by atoms with van der Waals surface area (Å²) >= 11 is 5.46. The zero-order valence-corrected chi connectivity index (χ0v) is 9.22. The van der Waals surface area contributed by atoms with Crippen molar-refractivity contribution in [3.8, 4) is 11.8 Å². The summed E-state index contributed by atoms with van der Waals surface area (Å²) < 4.78 is 12.9. The van der Waals surface area contributed by atoms with E-state index < -0.39 is 11.8 Å². The second kappa shape index (κ2) is 6.14. The SMILES string of the molecule is O=C(O)Cc1cc(F)ccc1C#CCCCl. The Balaban J connectivity index is 2.99. The van der Waals surface area contributed by atoms with E-state index in [9.17, 15) is 9.18 Å². The predicted molar refractivity (Wildman–Crippen MR) is 60.0 cm³/mol. The molecule has 0 radical (unpaired) electrons. The number of rotatable bonds is 3. The molecule has 0 aromatic heterocycles. The monoisotopic (exact) mass is 240 g/mol. The van der Waals surface area contributed by atoms with E-state index in [1.807, 2.05) is 0 Å². The maximum absolute atomic E-state index is 12.9. The molecule has 0 aliphatic heterocycles. The van der Waals surface area contributed by atoms with Crippen LogP contribution in [0.25, 0.3) is 0 Å². The van der Waals surface area contributed by atoms with Crippen LogP contribution in [-0.2, 0) is 11.2 Å². The number of halogens is 2. The lowest BCUT2D eigenvalue weighted by molar-refractivity contribution is -0.136. The smallest absolute Gasteiger partial charge is 0.307 e. The first-order valence-corrected chi connectivity index (χ1v) is 5.22. The molecular weight excluding hydrogens is 231 g/mol. The van der Waals surface area contributed by atoms with E-state index in [-0.39, 0.29) is 6.42 Å². The number of alkyl halides is 1. The van der Waals surface area contributed by atoms with Gasteiger partial charge in [0, 0.05) is 17.9 Å². The maximum Gasteiger partial charge on any atom is 0.307 e. The summed E-state index contributed by atoms with van der Waals surface area (Å²) in [6, 6.07) is 3.93. The summed E-state index contributed by atoms with van der Waals surface area (Å²) in [7, 11) is 0. The van der Waals surface area contributed by atoms with E-state index in [0.717, 1.165) is 0 Å². The minimum Gasteiger partial charge on any atom is -0.481 e. The topological polar surface area (TPSA) is 37.3 Å². The molecule has 0 atom stereocenters. The summed E-state index contributed by atoms with van der Waals surface area (Å²) in [6.45, 7) is 0. The molecular formula is C12H10ClFO2. The third-order valence-corrected chi connectivity index (χ3v) is 2.04. The van der Waals surface area contributed by atoms with E-state index in [2.05, 4.69) is 11.8 Å². The molecule has 0 amide bonds. The molecule has 0 aliphatic rings. The van der Waals surface area contributed by atoms with E-state index >= 15 is 0 Å². The molecule has 0 aliphatic carbocycles. The van der Waals surface area contributed by atoms with Gasteiger partial charge in [0.15, 0.2) is 0 Å². The van der Waals surface area contributed by atoms with Gasteiger partial charge in [0.25, 0.3) is 0 Å². The van der Waals surface area contributed by atoms with Gasteiger partial charge >= 0.3 is 5.97 Å². The first kappa shape index (κ1) is 12.5. The van der Waals surface area contributed by atoms with Gasteiger partial charge in [-0.1, -0.05) is 11.8 Å². The average Bonchev–Trinajstić information content (AvgIpc) is 2.20. The van der Waals surface area contributed by atoms with Crippen molar-refractivity contribution in [1.82, 2.24) is 0 Å². The second-order valence-corrected chi connectivity index (χ2v) is 3.49. The van der Waals surface area contributed by atoms with Crippen molar-refractivity contribution in [2.75, 3.05) is 5.88 Å². The van der Waals surface area contributed by atoms with Crippen molar-refractivity contribution in [2.45, 2.75) is 12.8 Å². The molecule has 0 spiro atoms. The molecule has 0 unspecified atom stereocenters. The van der Waals surface area contributed by atoms with E-state index in [1.54, 1.807) is 0 Å². The van der Waals surface area contributed by atoms with Crippen LogP contribution in [0, 0.1) is 17.7 Å². The quantitative estimate of drug-likeness (QED) is 0.651. The second-order valence-electron chi connectivity index (χ2n) is 3.11. The largest absolute Gasteiger partial charge is 0.481 e. The van der Waals surface area contributed by atoms with Crippen LogP contribution in [0.5, 0.6) is 0 Å². The molecule has 2 nitrogen and oxygen atoms in total. The van der Waals surface area contributed by atoms with Gasteiger partial charge in [0.1, 0.15) is 5.82 Å². The normalized spacial score (nSPS) is 9.38. The summed E-state index contributed by atoms with van der Waals surface area (Å²) in [6.07, 6.45) is 0.286.